The zero-order valence-corrected chi connectivity index (χ0v) is 16.9. The van der Waals surface area contributed by atoms with Gasteiger partial charge in [0.05, 0.1) is 0 Å². The molecule has 3 aliphatic rings. The molecule has 0 aromatic carbocycles. The molecule has 162 valence electrons. The minimum absolute atomic E-state index is 0.205. The predicted octanol–water partition coefficient (Wildman–Crippen LogP) is 4.00. The molecule has 3 heterocycles. The number of alkyl halides is 3. The normalized spacial score (nSPS) is 20.9. The Labute approximate surface area is 173 Å². The van der Waals surface area contributed by atoms with Gasteiger partial charge in [0.15, 0.2) is 0 Å². The van der Waals surface area contributed by atoms with Crippen LogP contribution in [0, 0.1) is 0 Å². The van der Waals surface area contributed by atoms with Gasteiger partial charge in [0.2, 0.25) is 0 Å². The number of hydrogen-bond acceptors (Lipinski definition) is 6. The van der Waals surface area contributed by atoms with Crippen LogP contribution in [0.1, 0.15) is 61.2 Å². The average Bonchev–Trinajstić information content (AvgIpc) is 3.50. The molecule has 0 atom stereocenters. The van der Waals surface area contributed by atoms with Crippen molar-refractivity contribution in [1.82, 2.24) is 20.0 Å². The standard InChI is InChI=1S/C21H26F3N5O/c22-21(23,24)19-11-20(26-13-25-19)29(14-5-6-14)15-7-9-28(10-8-15)12-17-16-3-1-2-4-18(16)30-27-17/h11,13-15H,1-10,12H2. The van der Waals surface area contributed by atoms with Crippen LogP contribution in [0.4, 0.5) is 19.0 Å². The van der Waals surface area contributed by atoms with Gasteiger partial charge in [0.1, 0.15) is 29.3 Å². The van der Waals surface area contributed by atoms with Gasteiger partial charge < -0.3 is 9.42 Å². The Kier molecular flexibility index (Phi) is 5.16. The number of halogens is 3. The molecule has 0 N–H and O–H groups in total. The summed E-state index contributed by atoms with van der Waals surface area (Å²) in [6.45, 7) is 2.58. The SMILES string of the molecule is FC(F)(F)c1cc(N(C2CC2)C2CCN(Cc3noc4c3CCCC4)CC2)ncn1. The summed E-state index contributed by atoms with van der Waals surface area (Å²) in [6.07, 6.45) is 4.82. The topological polar surface area (TPSA) is 58.3 Å². The fourth-order valence-electron chi connectivity index (χ4n) is 4.81. The van der Waals surface area contributed by atoms with Gasteiger partial charge in [-0.25, -0.2) is 9.97 Å². The quantitative estimate of drug-likeness (QED) is 0.728. The number of aromatic nitrogens is 3. The number of anilines is 1. The van der Waals surface area contributed by atoms with E-state index in [0.29, 0.717) is 11.9 Å². The van der Waals surface area contributed by atoms with E-state index in [0.717, 1.165) is 82.0 Å². The van der Waals surface area contributed by atoms with Crippen molar-refractivity contribution in [2.24, 2.45) is 0 Å². The van der Waals surface area contributed by atoms with E-state index in [4.69, 9.17) is 4.52 Å². The lowest BCUT2D eigenvalue weighted by atomic mass is 9.96. The highest BCUT2D eigenvalue weighted by Gasteiger charge is 2.39. The van der Waals surface area contributed by atoms with Gasteiger partial charge in [0, 0.05) is 49.8 Å². The summed E-state index contributed by atoms with van der Waals surface area (Å²) in [5, 5.41) is 4.31. The third kappa shape index (κ3) is 4.04. The molecule has 2 aliphatic carbocycles. The van der Waals surface area contributed by atoms with Crippen LogP contribution in [-0.2, 0) is 25.6 Å². The molecule has 0 amide bonds. The largest absolute Gasteiger partial charge is 0.433 e. The Morgan fingerprint density at radius 3 is 2.50 bits per heavy atom. The Morgan fingerprint density at radius 2 is 1.77 bits per heavy atom. The van der Waals surface area contributed by atoms with Crippen molar-refractivity contribution in [2.75, 3.05) is 18.0 Å². The lowest BCUT2D eigenvalue weighted by Crippen LogP contribution is -2.46. The Morgan fingerprint density at radius 1 is 1.03 bits per heavy atom. The molecular formula is C21H26F3N5O. The number of likely N-dealkylation sites (tertiary alicyclic amines) is 1. The highest BCUT2D eigenvalue weighted by molar-refractivity contribution is 5.44. The molecule has 2 aromatic rings. The van der Waals surface area contributed by atoms with Gasteiger partial charge in [-0.3, -0.25) is 4.90 Å². The van der Waals surface area contributed by atoms with Crippen LogP contribution in [0.15, 0.2) is 16.9 Å². The van der Waals surface area contributed by atoms with E-state index in [2.05, 4.69) is 24.9 Å². The van der Waals surface area contributed by atoms with Crippen molar-refractivity contribution in [3.05, 3.63) is 35.1 Å². The van der Waals surface area contributed by atoms with Crippen molar-refractivity contribution in [3.8, 4) is 0 Å². The summed E-state index contributed by atoms with van der Waals surface area (Å²) in [5.74, 6) is 1.46. The molecule has 0 unspecified atom stereocenters. The minimum atomic E-state index is -4.45. The van der Waals surface area contributed by atoms with Gasteiger partial charge in [-0.2, -0.15) is 13.2 Å². The second-order valence-electron chi connectivity index (χ2n) is 8.64. The number of fused-ring (bicyclic) bond motifs is 1. The van der Waals surface area contributed by atoms with Crippen LogP contribution in [0.5, 0.6) is 0 Å². The molecule has 0 bridgehead atoms. The van der Waals surface area contributed by atoms with E-state index >= 15 is 0 Å². The molecule has 2 aromatic heterocycles. The summed E-state index contributed by atoms with van der Waals surface area (Å²) in [5.41, 5.74) is 1.49. The molecule has 1 saturated heterocycles. The molecule has 0 spiro atoms. The summed E-state index contributed by atoms with van der Waals surface area (Å²) >= 11 is 0. The highest BCUT2D eigenvalue weighted by Crippen LogP contribution is 2.37. The van der Waals surface area contributed by atoms with Crippen molar-refractivity contribution in [1.29, 1.82) is 0 Å². The number of rotatable bonds is 5. The first kappa shape index (κ1) is 19.8. The van der Waals surface area contributed by atoms with Crippen LogP contribution in [0.2, 0.25) is 0 Å². The zero-order chi connectivity index (χ0) is 20.7. The second kappa shape index (κ2) is 7.83. The molecular weight excluding hydrogens is 395 g/mol. The number of piperidine rings is 1. The van der Waals surface area contributed by atoms with Crippen molar-refractivity contribution in [3.63, 3.8) is 0 Å². The van der Waals surface area contributed by atoms with Gasteiger partial charge in [0.25, 0.3) is 0 Å². The summed E-state index contributed by atoms with van der Waals surface area (Å²) in [4.78, 5) is 12.1. The molecule has 5 rings (SSSR count). The van der Waals surface area contributed by atoms with E-state index in [9.17, 15) is 13.2 Å². The number of hydrogen-bond donors (Lipinski definition) is 0. The van der Waals surface area contributed by atoms with Crippen molar-refractivity contribution < 1.29 is 17.7 Å². The summed E-state index contributed by atoms with van der Waals surface area (Å²) in [6, 6.07) is 1.60. The Balaban J connectivity index is 1.25. The number of aryl methyl sites for hydroxylation is 1. The second-order valence-corrected chi connectivity index (χ2v) is 8.64. The van der Waals surface area contributed by atoms with Gasteiger partial charge in [-0.05, 0) is 44.9 Å². The zero-order valence-electron chi connectivity index (χ0n) is 16.9. The smallest absolute Gasteiger partial charge is 0.361 e. The minimum Gasteiger partial charge on any atom is -0.361 e. The third-order valence-electron chi connectivity index (χ3n) is 6.50. The van der Waals surface area contributed by atoms with Crippen LogP contribution in [0.3, 0.4) is 0 Å². The van der Waals surface area contributed by atoms with E-state index in [1.807, 2.05) is 0 Å². The maximum absolute atomic E-state index is 13.1. The van der Waals surface area contributed by atoms with Crippen LogP contribution in [-0.4, -0.2) is 45.2 Å². The van der Waals surface area contributed by atoms with Crippen LogP contribution in [0.25, 0.3) is 0 Å². The molecule has 9 heteroatoms. The maximum Gasteiger partial charge on any atom is 0.433 e. The van der Waals surface area contributed by atoms with E-state index in [1.54, 1.807) is 0 Å². The van der Waals surface area contributed by atoms with Crippen LogP contribution < -0.4 is 4.90 Å². The van der Waals surface area contributed by atoms with Gasteiger partial charge >= 0.3 is 6.18 Å². The molecule has 30 heavy (non-hydrogen) atoms. The molecule has 6 nitrogen and oxygen atoms in total. The first-order valence-corrected chi connectivity index (χ1v) is 10.9. The monoisotopic (exact) mass is 421 g/mol. The van der Waals surface area contributed by atoms with E-state index in [-0.39, 0.29) is 6.04 Å². The van der Waals surface area contributed by atoms with Gasteiger partial charge in [-0.1, -0.05) is 5.16 Å². The molecule has 0 radical (unpaired) electrons. The first-order chi connectivity index (χ1) is 14.5. The fourth-order valence-corrected chi connectivity index (χ4v) is 4.81. The maximum atomic E-state index is 13.1. The lowest BCUT2D eigenvalue weighted by Gasteiger charge is -2.39. The third-order valence-corrected chi connectivity index (χ3v) is 6.50. The fraction of sp³-hybridized carbons (Fsp3) is 0.667. The number of nitrogens with zero attached hydrogens (tertiary/aromatic N) is 5. The average molecular weight is 421 g/mol. The predicted molar refractivity (Wildman–Crippen MR) is 104 cm³/mol. The van der Waals surface area contributed by atoms with Crippen LogP contribution >= 0.6 is 0 Å². The summed E-state index contributed by atoms with van der Waals surface area (Å²) < 4.78 is 44.9. The Bertz CT molecular complexity index is 887. The van der Waals surface area contributed by atoms with Crippen molar-refractivity contribution in [2.45, 2.75) is 76.2 Å². The lowest BCUT2D eigenvalue weighted by molar-refractivity contribution is -0.141. The molecule has 2 fully saturated rings. The van der Waals surface area contributed by atoms with Crippen molar-refractivity contribution >= 4 is 5.82 Å². The molecule has 1 saturated carbocycles. The van der Waals surface area contributed by atoms with E-state index < -0.39 is 11.9 Å². The molecule has 1 aliphatic heterocycles. The Hall–Kier alpha value is -2.16. The first-order valence-electron chi connectivity index (χ1n) is 10.9. The summed E-state index contributed by atoms with van der Waals surface area (Å²) in [7, 11) is 0. The van der Waals surface area contributed by atoms with Gasteiger partial charge in [-0.15, -0.1) is 0 Å². The van der Waals surface area contributed by atoms with E-state index in [1.165, 1.54) is 18.4 Å². The highest BCUT2D eigenvalue weighted by atomic mass is 19.4.